The van der Waals surface area contributed by atoms with E-state index in [4.69, 9.17) is 0 Å². The van der Waals surface area contributed by atoms with E-state index in [0.29, 0.717) is 17.7 Å². The number of fused-ring (bicyclic) bond motifs is 1. The number of hydrogen-bond donors (Lipinski definition) is 2. The fourth-order valence-corrected chi connectivity index (χ4v) is 5.02. The van der Waals surface area contributed by atoms with Crippen molar-refractivity contribution >= 4 is 5.91 Å². The van der Waals surface area contributed by atoms with Crippen LogP contribution in [0.5, 0.6) is 0 Å². The van der Waals surface area contributed by atoms with Gasteiger partial charge in [-0.05, 0) is 49.7 Å². The van der Waals surface area contributed by atoms with Crippen molar-refractivity contribution < 1.29 is 9.90 Å². The molecule has 1 saturated carbocycles. The summed E-state index contributed by atoms with van der Waals surface area (Å²) in [4.78, 5) is 15.4. The first-order valence-electron chi connectivity index (χ1n) is 9.40. The van der Waals surface area contributed by atoms with Crippen molar-refractivity contribution in [3.05, 3.63) is 35.4 Å². The maximum absolute atomic E-state index is 13.3. The minimum Gasteiger partial charge on any atom is -0.393 e. The van der Waals surface area contributed by atoms with Gasteiger partial charge < -0.3 is 15.3 Å². The summed E-state index contributed by atoms with van der Waals surface area (Å²) in [6.07, 6.45) is 3.01. The molecule has 24 heavy (non-hydrogen) atoms. The van der Waals surface area contributed by atoms with E-state index in [-0.39, 0.29) is 18.1 Å². The summed E-state index contributed by atoms with van der Waals surface area (Å²) in [5.74, 6) is 1.54. The standard InChI is InChI=1S/C20H28N2O2/c1-13-4-2-3-5-17(13)19-18-11-21-10-15(18)12-22(19)20(24)14-6-8-16(23)9-7-14/h2-5,14-16,18-19,21,23H,6-12H2,1H3/t14?,15-,16?,18-,19+/m0/s1. The van der Waals surface area contributed by atoms with Gasteiger partial charge in [0, 0.05) is 31.5 Å². The summed E-state index contributed by atoms with van der Waals surface area (Å²) in [5, 5.41) is 13.3. The number of aryl methyl sites for hydroxylation is 1. The van der Waals surface area contributed by atoms with Crippen molar-refractivity contribution in [3.63, 3.8) is 0 Å². The summed E-state index contributed by atoms with van der Waals surface area (Å²) < 4.78 is 0. The third-order valence-electron chi connectivity index (χ3n) is 6.40. The quantitative estimate of drug-likeness (QED) is 0.876. The predicted molar refractivity (Wildman–Crippen MR) is 93.4 cm³/mol. The van der Waals surface area contributed by atoms with Crippen molar-refractivity contribution in [2.24, 2.45) is 17.8 Å². The highest BCUT2D eigenvalue weighted by molar-refractivity contribution is 5.80. The average molecular weight is 328 g/mol. The number of benzene rings is 1. The molecule has 1 aromatic carbocycles. The minimum atomic E-state index is -0.205. The van der Waals surface area contributed by atoms with Crippen molar-refractivity contribution in [2.75, 3.05) is 19.6 Å². The molecule has 0 spiro atoms. The van der Waals surface area contributed by atoms with Crippen LogP contribution in [0, 0.1) is 24.7 Å². The van der Waals surface area contributed by atoms with Gasteiger partial charge in [-0.25, -0.2) is 0 Å². The second-order valence-corrected chi connectivity index (χ2v) is 7.88. The fourth-order valence-electron chi connectivity index (χ4n) is 5.02. The molecular formula is C20H28N2O2. The lowest BCUT2D eigenvalue weighted by Crippen LogP contribution is -2.40. The van der Waals surface area contributed by atoms with E-state index < -0.39 is 0 Å². The molecule has 1 aliphatic carbocycles. The van der Waals surface area contributed by atoms with E-state index in [1.807, 2.05) is 0 Å². The van der Waals surface area contributed by atoms with Gasteiger partial charge in [-0.1, -0.05) is 24.3 Å². The number of aliphatic hydroxyl groups is 1. The lowest BCUT2D eigenvalue weighted by Gasteiger charge is -2.34. The smallest absolute Gasteiger partial charge is 0.226 e. The molecule has 130 valence electrons. The largest absolute Gasteiger partial charge is 0.393 e. The highest BCUT2D eigenvalue weighted by atomic mass is 16.3. The summed E-state index contributed by atoms with van der Waals surface area (Å²) in [6.45, 7) is 5.08. The van der Waals surface area contributed by atoms with E-state index in [9.17, 15) is 9.90 Å². The third kappa shape index (κ3) is 2.76. The first-order valence-corrected chi connectivity index (χ1v) is 9.40. The van der Waals surface area contributed by atoms with Crippen LogP contribution in [-0.4, -0.2) is 41.7 Å². The second-order valence-electron chi connectivity index (χ2n) is 7.88. The van der Waals surface area contributed by atoms with Gasteiger partial charge >= 0.3 is 0 Å². The summed E-state index contributed by atoms with van der Waals surface area (Å²) in [6, 6.07) is 8.74. The zero-order valence-corrected chi connectivity index (χ0v) is 14.4. The van der Waals surface area contributed by atoms with Gasteiger partial charge in [0.1, 0.15) is 0 Å². The summed E-state index contributed by atoms with van der Waals surface area (Å²) in [5.41, 5.74) is 2.60. The minimum absolute atomic E-state index is 0.103. The second kappa shape index (κ2) is 6.49. The molecule has 1 amide bonds. The monoisotopic (exact) mass is 328 g/mol. The number of carbonyl (C=O) groups is 1. The van der Waals surface area contributed by atoms with Crippen molar-refractivity contribution in [1.82, 2.24) is 10.2 Å². The van der Waals surface area contributed by atoms with Crippen LogP contribution in [0.1, 0.15) is 42.9 Å². The van der Waals surface area contributed by atoms with Crippen LogP contribution in [0.4, 0.5) is 0 Å². The number of rotatable bonds is 2. The molecule has 0 radical (unpaired) electrons. The van der Waals surface area contributed by atoms with Crippen LogP contribution in [0.25, 0.3) is 0 Å². The van der Waals surface area contributed by atoms with Gasteiger partial charge in [-0.2, -0.15) is 0 Å². The van der Waals surface area contributed by atoms with Crippen LogP contribution in [0.3, 0.4) is 0 Å². The molecule has 0 bridgehead atoms. The Bertz CT molecular complexity index is 609. The Morgan fingerprint density at radius 1 is 1.17 bits per heavy atom. The Kier molecular flexibility index (Phi) is 4.35. The highest BCUT2D eigenvalue weighted by Crippen LogP contribution is 2.45. The van der Waals surface area contributed by atoms with Crippen LogP contribution < -0.4 is 5.32 Å². The molecule has 1 aromatic rings. The number of likely N-dealkylation sites (tertiary alicyclic amines) is 1. The van der Waals surface area contributed by atoms with Crippen LogP contribution in [0.15, 0.2) is 24.3 Å². The molecule has 2 heterocycles. The molecule has 3 atom stereocenters. The molecule has 4 heteroatoms. The van der Waals surface area contributed by atoms with Gasteiger partial charge in [0.2, 0.25) is 5.91 Å². The number of aliphatic hydroxyl groups excluding tert-OH is 1. The van der Waals surface area contributed by atoms with E-state index in [2.05, 4.69) is 41.4 Å². The number of nitrogens with one attached hydrogen (secondary N) is 1. The van der Waals surface area contributed by atoms with Crippen molar-refractivity contribution in [2.45, 2.75) is 44.8 Å². The normalized spacial score (nSPS) is 35.9. The summed E-state index contributed by atoms with van der Waals surface area (Å²) in [7, 11) is 0. The Balaban J connectivity index is 1.61. The number of amides is 1. The first kappa shape index (κ1) is 16.1. The lowest BCUT2D eigenvalue weighted by molar-refractivity contribution is -0.138. The van der Waals surface area contributed by atoms with Gasteiger partial charge in [-0.15, -0.1) is 0 Å². The molecule has 4 rings (SSSR count). The zero-order valence-electron chi connectivity index (χ0n) is 14.4. The van der Waals surface area contributed by atoms with Gasteiger partial charge in [-0.3, -0.25) is 4.79 Å². The van der Waals surface area contributed by atoms with Gasteiger partial charge in [0.05, 0.1) is 12.1 Å². The summed E-state index contributed by atoms with van der Waals surface area (Å²) >= 11 is 0. The molecule has 2 saturated heterocycles. The van der Waals surface area contributed by atoms with E-state index in [1.165, 1.54) is 11.1 Å². The first-order chi connectivity index (χ1) is 11.6. The highest BCUT2D eigenvalue weighted by Gasteiger charge is 2.48. The molecule has 2 aliphatic heterocycles. The molecule has 2 N–H and O–H groups in total. The average Bonchev–Trinajstić information content (AvgIpc) is 3.16. The van der Waals surface area contributed by atoms with Gasteiger partial charge in [0.25, 0.3) is 0 Å². The Morgan fingerprint density at radius 3 is 2.67 bits per heavy atom. The van der Waals surface area contributed by atoms with E-state index in [1.54, 1.807) is 0 Å². The SMILES string of the molecule is Cc1ccccc1[C@@H]1[C@H]2CNC[C@H]2CN1C(=O)C1CCC(O)CC1. The molecule has 4 nitrogen and oxygen atoms in total. The molecule has 0 unspecified atom stereocenters. The number of hydrogen-bond acceptors (Lipinski definition) is 3. The number of nitrogens with zero attached hydrogens (tertiary/aromatic N) is 1. The zero-order chi connectivity index (χ0) is 16.7. The van der Waals surface area contributed by atoms with Crippen LogP contribution in [0.2, 0.25) is 0 Å². The van der Waals surface area contributed by atoms with Crippen LogP contribution in [-0.2, 0) is 4.79 Å². The van der Waals surface area contributed by atoms with Crippen molar-refractivity contribution in [3.8, 4) is 0 Å². The fraction of sp³-hybridized carbons (Fsp3) is 0.650. The predicted octanol–water partition coefficient (Wildman–Crippen LogP) is 2.27. The van der Waals surface area contributed by atoms with E-state index >= 15 is 0 Å². The maximum Gasteiger partial charge on any atom is 0.226 e. The number of carbonyl (C=O) groups excluding carboxylic acids is 1. The topological polar surface area (TPSA) is 52.6 Å². The Labute approximate surface area is 144 Å². The molecule has 3 aliphatic rings. The van der Waals surface area contributed by atoms with Crippen LogP contribution >= 0.6 is 0 Å². The molecule has 3 fully saturated rings. The lowest BCUT2D eigenvalue weighted by atomic mass is 9.85. The maximum atomic E-state index is 13.3. The third-order valence-corrected chi connectivity index (χ3v) is 6.40. The van der Waals surface area contributed by atoms with Crippen molar-refractivity contribution in [1.29, 1.82) is 0 Å². The Morgan fingerprint density at radius 2 is 1.92 bits per heavy atom. The van der Waals surface area contributed by atoms with E-state index in [0.717, 1.165) is 45.3 Å². The van der Waals surface area contributed by atoms with Gasteiger partial charge in [0.15, 0.2) is 0 Å². The molecule has 0 aromatic heterocycles. The molecular weight excluding hydrogens is 300 g/mol. The Hall–Kier alpha value is -1.39.